The molecule has 0 bridgehead atoms. The van der Waals surface area contributed by atoms with Crippen LogP contribution in [0.25, 0.3) is 0 Å². The molecule has 0 aromatic heterocycles. The van der Waals surface area contributed by atoms with Crippen LogP contribution in [0, 0.1) is 6.92 Å². The van der Waals surface area contributed by atoms with Gasteiger partial charge in [0.25, 0.3) is 0 Å². The van der Waals surface area contributed by atoms with E-state index in [1.807, 2.05) is 0 Å². The highest BCUT2D eigenvalue weighted by atomic mass is 16.5. The van der Waals surface area contributed by atoms with Gasteiger partial charge >= 0.3 is 0 Å². The van der Waals surface area contributed by atoms with E-state index in [4.69, 9.17) is 9.47 Å². The van der Waals surface area contributed by atoms with Gasteiger partial charge in [0, 0.05) is 5.54 Å². The Hall–Kier alpha value is -2.00. The van der Waals surface area contributed by atoms with Gasteiger partial charge in [-0.15, -0.1) is 0 Å². The predicted octanol–water partition coefficient (Wildman–Crippen LogP) is 4.03. The Kier molecular flexibility index (Phi) is 4.07. The minimum absolute atomic E-state index is 0.0299. The molecule has 1 unspecified atom stereocenters. The lowest BCUT2D eigenvalue weighted by molar-refractivity contribution is 0.324. The molecule has 0 saturated heterocycles. The molecule has 0 spiro atoms. The van der Waals surface area contributed by atoms with E-state index >= 15 is 0 Å². The molecule has 1 aliphatic rings. The van der Waals surface area contributed by atoms with Crippen LogP contribution in [0.1, 0.15) is 42.1 Å². The molecule has 1 heterocycles. The molecular formula is C20H25NO2. The summed E-state index contributed by atoms with van der Waals surface area (Å²) in [4.78, 5) is 0. The fourth-order valence-electron chi connectivity index (χ4n) is 3.38. The largest absolute Gasteiger partial charge is 0.493 e. The van der Waals surface area contributed by atoms with E-state index in [1.165, 1.54) is 22.3 Å². The van der Waals surface area contributed by atoms with Gasteiger partial charge in [-0.05, 0) is 56.0 Å². The minimum atomic E-state index is 0.0299. The molecule has 3 heteroatoms. The molecule has 1 atom stereocenters. The molecule has 3 nitrogen and oxygen atoms in total. The first-order chi connectivity index (χ1) is 10.9. The monoisotopic (exact) mass is 311 g/mol. The van der Waals surface area contributed by atoms with Gasteiger partial charge in [-0.25, -0.2) is 0 Å². The van der Waals surface area contributed by atoms with Crippen LogP contribution in [0.3, 0.4) is 0 Å². The SMILES string of the molecule is COc1cc2c(cc1OC)C(c1ccc(C)cc1)NC(C)(C)C2. The van der Waals surface area contributed by atoms with Crippen molar-refractivity contribution in [3.63, 3.8) is 0 Å². The quantitative estimate of drug-likeness (QED) is 0.928. The summed E-state index contributed by atoms with van der Waals surface area (Å²) in [5, 5.41) is 3.78. The van der Waals surface area contributed by atoms with E-state index in [0.29, 0.717) is 0 Å². The minimum Gasteiger partial charge on any atom is -0.493 e. The first-order valence-corrected chi connectivity index (χ1v) is 8.02. The van der Waals surface area contributed by atoms with Crippen LogP contribution in [0.5, 0.6) is 11.5 Å². The Labute approximate surface area is 138 Å². The summed E-state index contributed by atoms with van der Waals surface area (Å²) in [6.07, 6.45) is 0.963. The molecule has 0 aliphatic carbocycles. The molecule has 0 fully saturated rings. The maximum Gasteiger partial charge on any atom is 0.161 e. The van der Waals surface area contributed by atoms with Crippen molar-refractivity contribution < 1.29 is 9.47 Å². The van der Waals surface area contributed by atoms with Gasteiger partial charge in [0.2, 0.25) is 0 Å². The first-order valence-electron chi connectivity index (χ1n) is 8.02. The number of aryl methyl sites for hydroxylation is 1. The van der Waals surface area contributed by atoms with E-state index in [1.54, 1.807) is 14.2 Å². The summed E-state index contributed by atoms with van der Waals surface area (Å²) in [6.45, 7) is 6.60. The summed E-state index contributed by atoms with van der Waals surface area (Å²) in [6, 6.07) is 13.1. The van der Waals surface area contributed by atoms with E-state index in [0.717, 1.165) is 17.9 Å². The number of rotatable bonds is 3. The van der Waals surface area contributed by atoms with Crippen LogP contribution >= 0.6 is 0 Å². The molecular weight excluding hydrogens is 286 g/mol. The fraction of sp³-hybridized carbons (Fsp3) is 0.400. The van der Waals surface area contributed by atoms with Gasteiger partial charge in [0.15, 0.2) is 11.5 Å². The zero-order valence-corrected chi connectivity index (χ0v) is 14.6. The van der Waals surface area contributed by atoms with Gasteiger partial charge in [-0.2, -0.15) is 0 Å². The number of hydrogen-bond donors (Lipinski definition) is 1. The third-order valence-electron chi connectivity index (χ3n) is 4.53. The molecule has 3 rings (SSSR count). The van der Waals surface area contributed by atoms with Crippen LogP contribution < -0.4 is 14.8 Å². The lowest BCUT2D eigenvalue weighted by Crippen LogP contribution is -2.47. The van der Waals surface area contributed by atoms with E-state index in [9.17, 15) is 0 Å². The zero-order chi connectivity index (χ0) is 16.6. The third kappa shape index (κ3) is 3.06. The topological polar surface area (TPSA) is 30.5 Å². The Morgan fingerprint density at radius 2 is 1.61 bits per heavy atom. The maximum atomic E-state index is 5.50. The Morgan fingerprint density at radius 1 is 1.00 bits per heavy atom. The summed E-state index contributed by atoms with van der Waals surface area (Å²) in [7, 11) is 3.37. The Balaban J connectivity index is 2.13. The third-order valence-corrected chi connectivity index (χ3v) is 4.53. The first kappa shape index (κ1) is 15.9. The Bertz CT molecular complexity index is 704. The molecule has 1 N–H and O–H groups in total. The van der Waals surface area contributed by atoms with Crippen molar-refractivity contribution in [3.05, 3.63) is 58.7 Å². The normalized spacial score (nSPS) is 19.1. The number of benzene rings is 2. The summed E-state index contributed by atoms with van der Waals surface area (Å²) >= 11 is 0. The molecule has 0 amide bonds. The van der Waals surface area contributed by atoms with Gasteiger partial charge in [0.1, 0.15) is 0 Å². The molecule has 2 aromatic rings. The smallest absolute Gasteiger partial charge is 0.161 e. The predicted molar refractivity (Wildman–Crippen MR) is 93.5 cm³/mol. The van der Waals surface area contributed by atoms with Gasteiger partial charge < -0.3 is 14.8 Å². The number of ether oxygens (including phenoxy) is 2. The van der Waals surface area contributed by atoms with Crippen molar-refractivity contribution in [2.45, 2.75) is 38.8 Å². The van der Waals surface area contributed by atoms with Crippen LogP contribution in [0.15, 0.2) is 36.4 Å². The molecule has 2 aromatic carbocycles. The molecule has 0 saturated carbocycles. The van der Waals surface area contributed by atoms with Gasteiger partial charge in [-0.1, -0.05) is 29.8 Å². The second kappa shape index (κ2) is 5.89. The van der Waals surface area contributed by atoms with Gasteiger partial charge in [-0.3, -0.25) is 0 Å². The lowest BCUT2D eigenvalue weighted by atomic mass is 9.81. The standard InChI is InChI=1S/C20H25NO2/c1-13-6-8-14(9-7-13)19-16-11-18(23-5)17(22-4)10-15(16)12-20(2,3)21-19/h6-11,19,21H,12H2,1-5H3. The number of fused-ring (bicyclic) bond motifs is 1. The number of nitrogens with one attached hydrogen (secondary N) is 1. The average molecular weight is 311 g/mol. The van der Waals surface area contributed by atoms with Crippen molar-refractivity contribution in [2.75, 3.05) is 14.2 Å². The molecule has 1 aliphatic heterocycles. The second-order valence-electron chi connectivity index (χ2n) is 6.95. The van der Waals surface area contributed by atoms with Crippen molar-refractivity contribution in [1.29, 1.82) is 0 Å². The number of hydrogen-bond acceptors (Lipinski definition) is 3. The fourth-order valence-corrected chi connectivity index (χ4v) is 3.38. The average Bonchev–Trinajstić information content (AvgIpc) is 2.52. The highest BCUT2D eigenvalue weighted by Crippen LogP contribution is 2.40. The summed E-state index contributed by atoms with van der Waals surface area (Å²) in [5.41, 5.74) is 5.17. The van der Waals surface area contributed by atoms with Crippen LogP contribution in [-0.2, 0) is 6.42 Å². The molecule has 0 radical (unpaired) electrons. The second-order valence-corrected chi connectivity index (χ2v) is 6.95. The van der Waals surface area contributed by atoms with Crippen LogP contribution in [0.2, 0.25) is 0 Å². The van der Waals surface area contributed by atoms with Crippen LogP contribution in [-0.4, -0.2) is 19.8 Å². The lowest BCUT2D eigenvalue weighted by Gasteiger charge is -2.39. The van der Waals surface area contributed by atoms with Gasteiger partial charge in [0.05, 0.1) is 20.3 Å². The summed E-state index contributed by atoms with van der Waals surface area (Å²) in [5.74, 6) is 1.58. The summed E-state index contributed by atoms with van der Waals surface area (Å²) < 4.78 is 11.0. The van der Waals surface area contributed by atoms with E-state index in [-0.39, 0.29) is 11.6 Å². The van der Waals surface area contributed by atoms with Crippen molar-refractivity contribution in [2.24, 2.45) is 0 Å². The molecule has 122 valence electrons. The Morgan fingerprint density at radius 3 is 2.22 bits per heavy atom. The van der Waals surface area contributed by atoms with Crippen LogP contribution in [0.4, 0.5) is 0 Å². The number of methoxy groups -OCH3 is 2. The van der Waals surface area contributed by atoms with E-state index < -0.39 is 0 Å². The van der Waals surface area contributed by atoms with Crippen molar-refractivity contribution in [3.8, 4) is 11.5 Å². The molecule has 23 heavy (non-hydrogen) atoms. The highest BCUT2D eigenvalue weighted by Gasteiger charge is 2.33. The van der Waals surface area contributed by atoms with E-state index in [2.05, 4.69) is 62.5 Å². The highest BCUT2D eigenvalue weighted by molar-refractivity contribution is 5.52. The maximum absolute atomic E-state index is 5.50. The van der Waals surface area contributed by atoms with Crippen molar-refractivity contribution in [1.82, 2.24) is 5.32 Å². The zero-order valence-electron chi connectivity index (χ0n) is 14.6. The van der Waals surface area contributed by atoms with Crippen molar-refractivity contribution >= 4 is 0 Å².